The van der Waals surface area contributed by atoms with Crippen LogP contribution in [0.4, 0.5) is 0 Å². The maximum absolute atomic E-state index is 13.6. The van der Waals surface area contributed by atoms with Crippen molar-refractivity contribution in [1.29, 1.82) is 0 Å². The summed E-state index contributed by atoms with van der Waals surface area (Å²) in [6, 6.07) is 6.91. The Labute approximate surface area is 205 Å². The molecule has 1 aromatic heterocycles. The fourth-order valence-electron chi connectivity index (χ4n) is 5.05. The van der Waals surface area contributed by atoms with Crippen LogP contribution in [0.25, 0.3) is 0 Å². The molecular weight excluding hydrogens is 454 g/mol. The van der Waals surface area contributed by atoms with Crippen molar-refractivity contribution in [3.8, 4) is 0 Å². The lowest BCUT2D eigenvalue weighted by Crippen LogP contribution is -2.47. The highest BCUT2D eigenvalue weighted by atomic mass is 35.5. The van der Waals surface area contributed by atoms with E-state index < -0.39 is 0 Å². The molecule has 8 nitrogen and oxygen atoms in total. The van der Waals surface area contributed by atoms with Crippen molar-refractivity contribution in [3.05, 3.63) is 51.8 Å². The van der Waals surface area contributed by atoms with Crippen LogP contribution in [0.1, 0.15) is 58.8 Å². The second-order valence-corrected chi connectivity index (χ2v) is 9.42. The molecule has 2 aliphatic rings. The fourth-order valence-corrected chi connectivity index (χ4v) is 5.24. The molecule has 1 aromatic carbocycles. The molecule has 4 rings (SSSR count). The third-order valence-corrected chi connectivity index (χ3v) is 7.17. The van der Waals surface area contributed by atoms with E-state index in [4.69, 9.17) is 11.6 Å². The summed E-state index contributed by atoms with van der Waals surface area (Å²) < 4.78 is 1.76. The van der Waals surface area contributed by atoms with Crippen LogP contribution in [0.3, 0.4) is 0 Å². The minimum atomic E-state index is -0.182. The van der Waals surface area contributed by atoms with Crippen LogP contribution >= 0.6 is 11.6 Å². The molecule has 2 aromatic rings. The number of benzene rings is 1. The first-order valence-corrected chi connectivity index (χ1v) is 12.4. The molecule has 0 unspecified atom stereocenters. The SMILES string of the molecule is CCN(CC)C(=O)[C@H]1CCCN(C(=O)c2nn(C)c3c2CN(C(=O)c2cccc(Cl)c2)CC3)C1. The van der Waals surface area contributed by atoms with Crippen LogP contribution in [-0.4, -0.2) is 74.9 Å². The van der Waals surface area contributed by atoms with Crippen LogP contribution in [-0.2, 0) is 24.8 Å². The number of halogens is 1. The quantitative estimate of drug-likeness (QED) is 0.652. The largest absolute Gasteiger partial charge is 0.343 e. The molecule has 1 atom stereocenters. The van der Waals surface area contributed by atoms with E-state index >= 15 is 0 Å². The van der Waals surface area contributed by atoms with Gasteiger partial charge < -0.3 is 14.7 Å². The molecule has 3 amide bonds. The normalized spacial score (nSPS) is 17.9. The predicted octanol–water partition coefficient (Wildman–Crippen LogP) is 2.99. The molecule has 0 N–H and O–H groups in total. The highest BCUT2D eigenvalue weighted by molar-refractivity contribution is 6.30. The Balaban J connectivity index is 1.53. The lowest BCUT2D eigenvalue weighted by molar-refractivity contribution is -0.136. The number of amides is 3. The Bertz CT molecular complexity index is 1090. The fraction of sp³-hybridized carbons (Fsp3) is 0.520. The van der Waals surface area contributed by atoms with Crippen LogP contribution in [0.2, 0.25) is 5.02 Å². The Morgan fingerprint density at radius 2 is 1.88 bits per heavy atom. The Hall–Kier alpha value is -2.87. The highest BCUT2D eigenvalue weighted by Crippen LogP contribution is 2.27. The van der Waals surface area contributed by atoms with Gasteiger partial charge in [-0.05, 0) is 44.9 Å². The summed E-state index contributed by atoms with van der Waals surface area (Å²) in [5.41, 5.74) is 2.69. The first kappa shape index (κ1) is 24.3. The summed E-state index contributed by atoms with van der Waals surface area (Å²) in [7, 11) is 1.84. The van der Waals surface area contributed by atoms with Crippen LogP contribution < -0.4 is 0 Å². The number of hydrogen-bond donors (Lipinski definition) is 0. The zero-order valence-corrected chi connectivity index (χ0v) is 20.8. The molecule has 0 bridgehead atoms. The summed E-state index contributed by atoms with van der Waals surface area (Å²) in [4.78, 5) is 44.9. The van der Waals surface area contributed by atoms with E-state index in [2.05, 4.69) is 5.10 Å². The van der Waals surface area contributed by atoms with Gasteiger partial charge in [-0.3, -0.25) is 19.1 Å². The number of fused-ring (bicyclic) bond motifs is 1. The van der Waals surface area contributed by atoms with Crippen LogP contribution in [0, 0.1) is 5.92 Å². The van der Waals surface area contributed by atoms with Gasteiger partial charge in [-0.15, -0.1) is 0 Å². The van der Waals surface area contributed by atoms with Gasteiger partial charge in [0.25, 0.3) is 11.8 Å². The van der Waals surface area contributed by atoms with Gasteiger partial charge in [0, 0.05) is 68.0 Å². The van der Waals surface area contributed by atoms with Crippen molar-refractivity contribution in [2.45, 2.75) is 39.7 Å². The molecule has 34 heavy (non-hydrogen) atoms. The number of hydrogen-bond acceptors (Lipinski definition) is 4. The molecule has 1 saturated heterocycles. The van der Waals surface area contributed by atoms with Crippen LogP contribution in [0.5, 0.6) is 0 Å². The second-order valence-electron chi connectivity index (χ2n) is 8.99. The Morgan fingerprint density at radius 3 is 2.59 bits per heavy atom. The molecule has 0 aliphatic carbocycles. The van der Waals surface area contributed by atoms with E-state index in [0.29, 0.717) is 62.0 Å². The third kappa shape index (κ3) is 4.69. The van der Waals surface area contributed by atoms with Crippen molar-refractivity contribution in [2.75, 3.05) is 32.7 Å². The van der Waals surface area contributed by atoms with Crippen LogP contribution in [0.15, 0.2) is 24.3 Å². The first-order valence-electron chi connectivity index (χ1n) is 12.0. The van der Waals surface area contributed by atoms with E-state index in [0.717, 1.165) is 24.1 Å². The maximum atomic E-state index is 13.6. The summed E-state index contributed by atoms with van der Waals surface area (Å²) in [5, 5.41) is 5.07. The Morgan fingerprint density at radius 1 is 1.12 bits per heavy atom. The van der Waals surface area contributed by atoms with Gasteiger partial charge in [-0.25, -0.2) is 0 Å². The standard InChI is InChI=1S/C25H32ClN5O3/c1-4-29(5-2)24(33)18-9-7-12-30(15-18)25(34)22-20-16-31(13-11-21(20)28(3)27-22)23(32)17-8-6-10-19(26)14-17/h6,8,10,14,18H,4-5,7,9,11-13,15-16H2,1-3H3/t18-/m0/s1. The number of piperidine rings is 1. The zero-order chi connectivity index (χ0) is 24.4. The molecule has 1 fully saturated rings. The van der Waals surface area contributed by atoms with E-state index in [-0.39, 0.29) is 23.6 Å². The third-order valence-electron chi connectivity index (χ3n) is 6.94. The lowest BCUT2D eigenvalue weighted by atomic mass is 9.95. The molecule has 182 valence electrons. The van der Waals surface area contributed by atoms with Gasteiger partial charge in [0.15, 0.2) is 5.69 Å². The lowest BCUT2D eigenvalue weighted by Gasteiger charge is -2.34. The minimum absolute atomic E-state index is 0.113. The average Bonchev–Trinajstić information content (AvgIpc) is 3.19. The maximum Gasteiger partial charge on any atom is 0.274 e. The smallest absolute Gasteiger partial charge is 0.274 e. The number of carbonyl (C=O) groups excluding carboxylic acids is 3. The summed E-state index contributed by atoms with van der Waals surface area (Å²) in [5.74, 6) is -0.342. The molecule has 0 saturated carbocycles. The van der Waals surface area contributed by atoms with Gasteiger partial charge in [0.2, 0.25) is 5.91 Å². The van der Waals surface area contributed by atoms with E-state index in [1.165, 1.54) is 0 Å². The molecule has 9 heteroatoms. The van der Waals surface area contributed by atoms with Crippen molar-refractivity contribution in [2.24, 2.45) is 13.0 Å². The van der Waals surface area contributed by atoms with Crippen molar-refractivity contribution in [3.63, 3.8) is 0 Å². The van der Waals surface area contributed by atoms with E-state index in [1.54, 1.807) is 38.7 Å². The second kappa shape index (κ2) is 10.2. The van der Waals surface area contributed by atoms with Crippen molar-refractivity contribution >= 4 is 29.3 Å². The number of likely N-dealkylation sites (tertiary alicyclic amines) is 1. The highest BCUT2D eigenvalue weighted by Gasteiger charge is 2.35. The molecular formula is C25H32ClN5O3. The zero-order valence-electron chi connectivity index (χ0n) is 20.1. The van der Waals surface area contributed by atoms with E-state index in [9.17, 15) is 14.4 Å². The van der Waals surface area contributed by atoms with Crippen molar-refractivity contribution < 1.29 is 14.4 Å². The first-order chi connectivity index (χ1) is 16.3. The van der Waals surface area contributed by atoms with E-state index in [1.807, 2.05) is 25.8 Å². The number of nitrogens with zero attached hydrogens (tertiary/aromatic N) is 5. The molecule has 0 radical (unpaired) electrons. The van der Waals surface area contributed by atoms with Gasteiger partial charge in [0.05, 0.1) is 12.5 Å². The summed E-state index contributed by atoms with van der Waals surface area (Å²) in [6.45, 7) is 7.19. The number of carbonyl (C=O) groups is 3. The number of aryl methyl sites for hydroxylation is 1. The molecule has 2 aliphatic heterocycles. The van der Waals surface area contributed by atoms with Gasteiger partial charge >= 0.3 is 0 Å². The monoisotopic (exact) mass is 485 g/mol. The van der Waals surface area contributed by atoms with Gasteiger partial charge in [0.1, 0.15) is 0 Å². The summed E-state index contributed by atoms with van der Waals surface area (Å²) in [6.07, 6.45) is 2.21. The van der Waals surface area contributed by atoms with Crippen molar-refractivity contribution in [1.82, 2.24) is 24.5 Å². The molecule has 0 spiro atoms. The number of aromatic nitrogens is 2. The summed E-state index contributed by atoms with van der Waals surface area (Å²) >= 11 is 6.08. The molecule has 3 heterocycles. The average molecular weight is 486 g/mol. The topological polar surface area (TPSA) is 78.8 Å². The van der Waals surface area contributed by atoms with Gasteiger partial charge in [-0.2, -0.15) is 5.10 Å². The van der Waals surface area contributed by atoms with Gasteiger partial charge in [-0.1, -0.05) is 17.7 Å². The predicted molar refractivity (Wildman–Crippen MR) is 130 cm³/mol. The minimum Gasteiger partial charge on any atom is -0.343 e. The Kier molecular flexibility index (Phi) is 7.26. The number of rotatable bonds is 5.